The van der Waals surface area contributed by atoms with E-state index in [0.29, 0.717) is 46.1 Å². The molecule has 1 aliphatic heterocycles. The standard InChI is InChI=1S/C32H29ClN4O5/c1-40-31-19-37(32(39)18-25(31)24-16-21(33)6-7-23(24)26-9-13-42-36-26)29(17-22-4-2-3-12-41-22)30(38)15-20-5-8-27-28(14-20)35-11-10-34-27/h5-11,13-14,16,18-19,22,29H,2-4,12,15,17H2,1H3/t22-,29?/m0/s1. The summed E-state index contributed by atoms with van der Waals surface area (Å²) in [5.41, 5.74) is 4.44. The van der Waals surface area contributed by atoms with Gasteiger partial charge in [0.25, 0.3) is 5.56 Å². The van der Waals surface area contributed by atoms with Gasteiger partial charge in [-0.05, 0) is 54.7 Å². The van der Waals surface area contributed by atoms with E-state index in [4.69, 9.17) is 25.6 Å². The van der Waals surface area contributed by atoms with Crippen LogP contribution >= 0.6 is 11.6 Å². The second-order valence-electron chi connectivity index (χ2n) is 10.3. The van der Waals surface area contributed by atoms with Crippen molar-refractivity contribution in [1.29, 1.82) is 0 Å². The van der Waals surface area contributed by atoms with Gasteiger partial charge in [0.2, 0.25) is 0 Å². The van der Waals surface area contributed by atoms with Crippen LogP contribution in [-0.4, -0.2) is 45.3 Å². The molecule has 0 N–H and O–H groups in total. The number of halogens is 1. The Balaban J connectivity index is 1.40. The Morgan fingerprint density at radius 1 is 1.05 bits per heavy atom. The molecule has 0 bridgehead atoms. The normalized spacial score (nSPS) is 15.9. The van der Waals surface area contributed by atoms with Crippen LogP contribution in [0.15, 0.2) is 82.7 Å². The number of pyridine rings is 1. The fraction of sp³-hybridized carbons (Fsp3) is 0.281. The Labute approximate surface area is 247 Å². The first-order valence-corrected chi connectivity index (χ1v) is 14.2. The number of aromatic nitrogens is 4. The Morgan fingerprint density at radius 2 is 1.90 bits per heavy atom. The molecular weight excluding hydrogens is 556 g/mol. The van der Waals surface area contributed by atoms with E-state index in [1.165, 1.54) is 24.0 Å². The molecule has 10 heteroatoms. The van der Waals surface area contributed by atoms with Gasteiger partial charge in [-0.25, -0.2) is 0 Å². The molecule has 0 aliphatic carbocycles. The predicted octanol–water partition coefficient (Wildman–Crippen LogP) is 6.09. The second kappa shape index (κ2) is 12.3. The Bertz CT molecular complexity index is 1780. The molecule has 0 saturated carbocycles. The maximum Gasteiger partial charge on any atom is 0.252 e. The predicted molar refractivity (Wildman–Crippen MR) is 159 cm³/mol. The molecule has 214 valence electrons. The third kappa shape index (κ3) is 5.84. The lowest BCUT2D eigenvalue weighted by atomic mass is 9.94. The summed E-state index contributed by atoms with van der Waals surface area (Å²) < 4.78 is 18.3. The number of carbonyl (C=O) groups is 1. The molecule has 4 heterocycles. The van der Waals surface area contributed by atoms with E-state index >= 15 is 0 Å². The van der Waals surface area contributed by atoms with Crippen LogP contribution < -0.4 is 10.3 Å². The zero-order chi connectivity index (χ0) is 29.1. The van der Waals surface area contributed by atoms with Crippen molar-refractivity contribution in [2.75, 3.05) is 13.7 Å². The lowest BCUT2D eigenvalue weighted by Crippen LogP contribution is -2.34. The average Bonchev–Trinajstić information content (AvgIpc) is 3.55. The van der Waals surface area contributed by atoms with Crippen molar-refractivity contribution in [3.05, 3.63) is 94.3 Å². The van der Waals surface area contributed by atoms with E-state index < -0.39 is 6.04 Å². The molecule has 1 aliphatic rings. The van der Waals surface area contributed by atoms with Gasteiger partial charge >= 0.3 is 0 Å². The number of Topliss-reactive ketones (excluding diaryl/α,β-unsaturated/α-hetero) is 1. The molecule has 0 radical (unpaired) electrons. The highest BCUT2D eigenvalue weighted by Crippen LogP contribution is 2.38. The quantitative estimate of drug-likeness (QED) is 0.205. The summed E-state index contributed by atoms with van der Waals surface area (Å²) in [5, 5.41) is 4.56. The number of nitrogens with zero attached hydrogens (tertiary/aromatic N) is 4. The summed E-state index contributed by atoms with van der Waals surface area (Å²) in [5.74, 6) is 0.320. The molecule has 0 spiro atoms. The van der Waals surface area contributed by atoms with Crippen LogP contribution in [0.4, 0.5) is 0 Å². The van der Waals surface area contributed by atoms with Gasteiger partial charge in [-0.1, -0.05) is 28.9 Å². The molecule has 42 heavy (non-hydrogen) atoms. The van der Waals surface area contributed by atoms with Gasteiger partial charge in [0, 0.05) is 60.1 Å². The van der Waals surface area contributed by atoms with Gasteiger partial charge in [-0.15, -0.1) is 0 Å². The molecule has 5 aromatic rings. The van der Waals surface area contributed by atoms with Crippen LogP contribution in [0.2, 0.25) is 5.02 Å². The molecule has 1 unspecified atom stereocenters. The van der Waals surface area contributed by atoms with Gasteiger partial charge in [-0.3, -0.25) is 19.6 Å². The number of fused-ring (bicyclic) bond motifs is 1. The molecule has 6 rings (SSSR count). The average molecular weight is 585 g/mol. The van der Waals surface area contributed by atoms with Gasteiger partial charge in [-0.2, -0.15) is 0 Å². The number of carbonyl (C=O) groups excluding carboxylic acids is 1. The number of hydrogen-bond donors (Lipinski definition) is 0. The SMILES string of the molecule is COc1cn(C(C[C@@H]2CCCCO2)C(=O)Cc2ccc3nccnc3c2)c(=O)cc1-c1cc(Cl)ccc1-c1ccon1. The van der Waals surface area contributed by atoms with Crippen LogP contribution in [0.5, 0.6) is 5.75 Å². The molecular formula is C32H29ClN4O5. The van der Waals surface area contributed by atoms with Crippen molar-refractivity contribution in [1.82, 2.24) is 19.7 Å². The third-order valence-corrected chi connectivity index (χ3v) is 7.86. The highest BCUT2D eigenvalue weighted by Gasteiger charge is 2.29. The van der Waals surface area contributed by atoms with Crippen molar-refractivity contribution in [2.24, 2.45) is 0 Å². The fourth-order valence-electron chi connectivity index (χ4n) is 5.54. The maximum atomic E-state index is 14.0. The first kappa shape index (κ1) is 27.8. The first-order valence-electron chi connectivity index (χ1n) is 13.8. The highest BCUT2D eigenvalue weighted by molar-refractivity contribution is 6.31. The molecule has 1 saturated heterocycles. The largest absolute Gasteiger partial charge is 0.495 e. The number of ketones is 1. The monoisotopic (exact) mass is 584 g/mol. The van der Waals surface area contributed by atoms with Crippen molar-refractivity contribution in [2.45, 2.75) is 44.2 Å². The van der Waals surface area contributed by atoms with Crippen LogP contribution in [0, 0.1) is 0 Å². The molecule has 1 fully saturated rings. The Hall–Kier alpha value is -4.34. The van der Waals surface area contributed by atoms with Gasteiger partial charge < -0.3 is 18.6 Å². The minimum atomic E-state index is -0.754. The van der Waals surface area contributed by atoms with Crippen molar-refractivity contribution in [3.63, 3.8) is 0 Å². The maximum absolute atomic E-state index is 14.0. The topological polar surface area (TPSA) is 109 Å². The summed E-state index contributed by atoms with van der Waals surface area (Å²) in [7, 11) is 1.53. The van der Waals surface area contributed by atoms with E-state index in [-0.39, 0.29) is 23.9 Å². The van der Waals surface area contributed by atoms with Gasteiger partial charge in [0.1, 0.15) is 17.7 Å². The van der Waals surface area contributed by atoms with E-state index in [2.05, 4.69) is 15.1 Å². The van der Waals surface area contributed by atoms with Crippen LogP contribution in [-0.2, 0) is 16.0 Å². The van der Waals surface area contributed by atoms with Crippen LogP contribution in [0.3, 0.4) is 0 Å². The summed E-state index contributed by atoms with van der Waals surface area (Å²) in [6, 6.07) is 13.4. The molecule has 3 aromatic heterocycles. The minimum Gasteiger partial charge on any atom is -0.495 e. The number of methoxy groups -OCH3 is 1. The van der Waals surface area contributed by atoms with Crippen molar-refractivity contribution in [3.8, 4) is 28.1 Å². The van der Waals surface area contributed by atoms with Gasteiger partial charge in [0.05, 0.1) is 36.5 Å². The van der Waals surface area contributed by atoms with Crippen LogP contribution in [0.25, 0.3) is 33.4 Å². The lowest BCUT2D eigenvalue weighted by Gasteiger charge is -2.28. The van der Waals surface area contributed by atoms with E-state index in [1.807, 2.05) is 24.3 Å². The Kier molecular flexibility index (Phi) is 8.12. The summed E-state index contributed by atoms with van der Waals surface area (Å²) >= 11 is 6.37. The zero-order valence-electron chi connectivity index (χ0n) is 23.0. The van der Waals surface area contributed by atoms with Gasteiger partial charge in [0.15, 0.2) is 5.78 Å². The number of benzene rings is 2. The summed E-state index contributed by atoms with van der Waals surface area (Å²) in [6.45, 7) is 0.645. The highest BCUT2D eigenvalue weighted by atomic mass is 35.5. The molecule has 0 amide bonds. The summed E-state index contributed by atoms with van der Waals surface area (Å²) in [4.78, 5) is 36.4. The number of ether oxygens (including phenoxy) is 2. The zero-order valence-corrected chi connectivity index (χ0v) is 23.8. The lowest BCUT2D eigenvalue weighted by molar-refractivity contribution is -0.123. The van der Waals surface area contributed by atoms with Crippen LogP contribution in [0.1, 0.15) is 37.3 Å². The molecule has 9 nitrogen and oxygen atoms in total. The first-order chi connectivity index (χ1) is 20.5. The Morgan fingerprint density at radius 3 is 2.67 bits per heavy atom. The fourth-order valence-corrected chi connectivity index (χ4v) is 5.71. The third-order valence-electron chi connectivity index (χ3n) is 7.63. The molecule has 2 atom stereocenters. The van der Waals surface area contributed by atoms with E-state index in [1.54, 1.807) is 36.8 Å². The number of hydrogen-bond acceptors (Lipinski definition) is 8. The molecule has 2 aromatic carbocycles. The van der Waals surface area contributed by atoms with Crippen molar-refractivity contribution >= 4 is 28.4 Å². The number of rotatable bonds is 9. The minimum absolute atomic E-state index is 0.102. The van der Waals surface area contributed by atoms with E-state index in [9.17, 15) is 9.59 Å². The smallest absolute Gasteiger partial charge is 0.252 e. The summed E-state index contributed by atoms with van der Waals surface area (Å²) in [6.07, 6.45) is 9.59. The second-order valence-corrected chi connectivity index (χ2v) is 10.8. The van der Waals surface area contributed by atoms with E-state index in [0.717, 1.165) is 35.9 Å². The van der Waals surface area contributed by atoms with Crippen molar-refractivity contribution < 1.29 is 18.8 Å².